The highest BCUT2D eigenvalue weighted by molar-refractivity contribution is 5.76. The average Bonchev–Trinajstić information content (AvgIpc) is 3.39. The lowest BCUT2D eigenvalue weighted by molar-refractivity contribution is -0.302. The zero-order valence-electron chi connectivity index (χ0n) is 48.2. The van der Waals surface area contributed by atoms with Crippen LogP contribution in [0.25, 0.3) is 0 Å². The van der Waals surface area contributed by atoms with E-state index in [2.05, 4.69) is 31.3 Å². The molecule has 73 heavy (non-hydrogen) atoms. The van der Waals surface area contributed by atoms with Crippen LogP contribution in [0.5, 0.6) is 0 Å². The molecule has 1 heterocycles. The number of aliphatic hydroxyl groups excluding tert-OH is 5. The minimum atomic E-state index is -1.57. The van der Waals surface area contributed by atoms with Gasteiger partial charge in [-0.25, -0.2) is 0 Å². The Morgan fingerprint density at radius 1 is 0.452 bits per heavy atom. The van der Waals surface area contributed by atoms with Crippen molar-refractivity contribution in [2.45, 2.75) is 365 Å². The highest BCUT2D eigenvalue weighted by atomic mass is 16.7. The van der Waals surface area contributed by atoms with Crippen molar-refractivity contribution >= 4 is 5.91 Å². The molecule has 0 aromatic rings. The van der Waals surface area contributed by atoms with E-state index in [0.29, 0.717) is 6.42 Å². The molecule has 1 fully saturated rings. The van der Waals surface area contributed by atoms with Crippen LogP contribution in [0, 0.1) is 0 Å². The van der Waals surface area contributed by atoms with Crippen LogP contribution in [-0.2, 0) is 14.3 Å². The number of aliphatic hydroxyl groups is 5. The summed E-state index contributed by atoms with van der Waals surface area (Å²) in [6.45, 7) is 3.79. The zero-order valence-corrected chi connectivity index (χ0v) is 48.2. The molecule has 432 valence electrons. The van der Waals surface area contributed by atoms with Crippen LogP contribution in [0.3, 0.4) is 0 Å². The number of hydrogen-bond donors (Lipinski definition) is 6. The predicted molar refractivity (Wildman–Crippen MR) is 309 cm³/mol. The standard InChI is InChI=1S/C64H123NO8/c1-3-5-7-9-11-13-15-17-19-20-21-22-23-24-25-26-27-28-29-30-31-32-33-34-35-36-37-38-40-42-44-46-48-50-52-54-60(68)65-57(56-72-64-63(71)62(70)61(69)59(55-66)73-64)58(67)53-51-49-47-45-43-41-39-18-16-14-12-10-8-6-4-2/h43,45,51,53,57-59,61-64,66-67,69-71H,3-42,44,46-50,52,54-56H2,1-2H3,(H,65,68)/b45-43+,53-51+. The molecular formula is C64H123NO8. The Hall–Kier alpha value is -1.33. The van der Waals surface area contributed by atoms with Gasteiger partial charge in [0.05, 0.1) is 25.4 Å². The number of nitrogens with one attached hydrogen (secondary N) is 1. The summed E-state index contributed by atoms with van der Waals surface area (Å²) in [6, 6.07) is -0.818. The molecule has 0 saturated carbocycles. The molecule has 0 spiro atoms. The van der Waals surface area contributed by atoms with Crippen LogP contribution in [0.1, 0.15) is 322 Å². The molecule has 1 amide bonds. The maximum atomic E-state index is 13.1. The van der Waals surface area contributed by atoms with E-state index in [9.17, 15) is 30.3 Å². The largest absolute Gasteiger partial charge is 0.394 e. The summed E-state index contributed by atoms with van der Waals surface area (Å²) in [5, 5.41) is 54.5. The number of amides is 1. The fourth-order valence-corrected chi connectivity index (χ4v) is 10.5. The summed E-state index contributed by atoms with van der Waals surface area (Å²) in [6.07, 6.45) is 62.9. The van der Waals surface area contributed by atoms with Crippen LogP contribution in [-0.4, -0.2) is 87.5 Å². The highest BCUT2D eigenvalue weighted by Gasteiger charge is 2.44. The van der Waals surface area contributed by atoms with Gasteiger partial charge < -0.3 is 40.3 Å². The van der Waals surface area contributed by atoms with E-state index in [1.54, 1.807) is 6.08 Å². The summed E-state index contributed by atoms with van der Waals surface area (Å²) in [7, 11) is 0. The first kappa shape index (κ1) is 69.7. The first-order chi connectivity index (χ1) is 35.8. The highest BCUT2D eigenvalue weighted by Crippen LogP contribution is 2.23. The van der Waals surface area contributed by atoms with Gasteiger partial charge in [-0.2, -0.15) is 0 Å². The molecule has 1 aliphatic heterocycles. The van der Waals surface area contributed by atoms with E-state index in [4.69, 9.17) is 9.47 Å². The van der Waals surface area contributed by atoms with Gasteiger partial charge in [0.25, 0.3) is 0 Å². The number of allylic oxidation sites excluding steroid dienone is 3. The fraction of sp³-hybridized carbons (Fsp3) is 0.922. The second-order valence-corrected chi connectivity index (χ2v) is 22.6. The van der Waals surface area contributed by atoms with Gasteiger partial charge in [0, 0.05) is 6.42 Å². The Morgan fingerprint density at radius 2 is 0.781 bits per heavy atom. The van der Waals surface area contributed by atoms with Crippen molar-refractivity contribution < 1.29 is 39.8 Å². The summed E-state index contributed by atoms with van der Waals surface area (Å²) >= 11 is 0. The third-order valence-corrected chi connectivity index (χ3v) is 15.5. The smallest absolute Gasteiger partial charge is 0.220 e. The molecule has 0 bridgehead atoms. The van der Waals surface area contributed by atoms with Gasteiger partial charge in [-0.05, 0) is 32.1 Å². The first-order valence-electron chi connectivity index (χ1n) is 32.1. The maximum Gasteiger partial charge on any atom is 0.220 e. The lowest BCUT2D eigenvalue weighted by atomic mass is 9.99. The Bertz CT molecular complexity index is 1200. The molecule has 0 radical (unpaired) electrons. The van der Waals surface area contributed by atoms with Crippen LogP contribution in [0.15, 0.2) is 24.3 Å². The molecule has 1 rings (SSSR count). The Kier molecular flexibility index (Phi) is 51.6. The van der Waals surface area contributed by atoms with E-state index < -0.39 is 49.5 Å². The molecule has 0 aliphatic carbocycles. The van der Waals surface area contributed by atoms with Crippen LogP contribution < -0.4 is 5.32 Å². The lowest BCUT2D eigenvalue weighted by Crippen LogP contribution is -2.60. The van der Waals surface area contributed by atoms with E-state index >= 15 is 0 Å². The summed E-state index contributed by atoms with van der Waals surface area (Å²) in [5.74, 6) is -0.180. The first-order valence-corrected chi connectivity index (χ1v) is 32.1. The van der Waals surface area contributed by atoms with Crippen LogP contribution in [0.4, 0.5) is 0 Å². The number of unbranched alkanes of at least 4 members (excludes halogenated alkanes) is 44. The SMILES string of the molecule is CCCCCCCCCCC/C=C/CC/C=C/C(O)C(COC1OC(CO)C(O)C(O)C1O)NC(=O)CCCCCCCCCCCCCCCCCCCCCCCCCCCCCCCCCCCCC. The second-order valence-electron chi connectivity index (χ2n) is 22.6. The van der Waals surface area contributed by atoms with Gasteiger partial charge in [0.1, 0.15) is 24.4 Å². The van der Waals surface area contributed by atoms with Gasteiger partial charge in [-0.1, -0.05) is 308 Å². The monoisotopic (exact) mass is 1030 g/mol. The van der Waals surface area contributed by atoms with Crippen molar-refractivity contribution in [2.75, 3.05) is 13.2 Å². The van der Waals surface area contributed by atoms with Crippen LogP contribution >= 0.6 is 0 Å². The van der Waals surface area contributed by atoms with Gasteiger partial charge in [-0.15, -0.1) is 0 Å². The predicted octanol–water partition coefficient (Wildman–Crippen LogP) is 16.5. The summed E-state index contributed by atoms with van der Waals surface area (Å²) < 4.78 is 11.3. The third-order valence-electron chi connectivity index (χ3n) is 15.5. The molecule has 7 atom stereocenters. The van der Waals surface area contributed by atoms with Gasteiger partial charge in [-0.3, -0.25) is 4.79 Å². The minimum Gasteiger partial charge on any atom is -0.394 e. The molecule has 7 unspecified atom stereocenters. The Morgan fingerprint density at radius 3 is 1.15 bits per heavy atom. The number of carbonyl (C=O) groups is 1. The van der Waals surface area contributed by atoms with Crippen molar-refractivity contribution in [1.29, 1.82) is 0 Å². The zero-order chi connectivity index (χ0) is 52.9. The molecule has 1 saturated heterocycles. The summed E-state index contributed by atoms with van der Waals surface area (Å²) in [5.41, 5.74) is 0. The van der Waals surface area contributed by atoms with Gasteiger partial charge in [0.2, 0.25) is 5.91 Å². The Balaban J connectivity index is 2.07. The lowest BCUT2D eigenvalue weighted by Gasteiger charge is -2.40. The number of ether oxygens (including phenoxy) is 2. The second kappa shape index (κ2) is 54.0. The topological polar surface area (TPSA) is 149 Å². The third kappa shape index (κ3) is 43.4. The Labute approximate surface area is 451 Å². The van der Waals surface area contributed by atoms with E-state index in [-0.39, 0.29) is 12.5 Å². The van der Waals surface area contributed by atoms with Crippen molar-refractivity contribution in [3.63, 3.8) is 0 Å². The summed E-state index contributed by atoms with van der Waals surface area (Å²) in [4.78, 5) is 13.1. The van der Waals surface area contributed by atoms with E-state index in [1.807, 2.05) is 6.08 Å². The number of carbonyl (C=O) groups excluding carboxylic acids is 1. The van der Waals surface area contributed by atoms with E-state index in [1.165, 1.54) is 263 Å². The van der Waals surface area contributed by atoms with Crippen molar-refractivity contribution in [1.82, 2.24) is 5.32 Å². The maximum absolute atomic E-state index is 13.1. The molecule has 0 aromatic heterocycles. The van der Waals surface area contributed by atoms with Gasteiger partial charge in [0.15, 0.2) is 6.29 Å². The fourth-order valence-electron chi connectivity index (χ4n) is 10.5. The number of hydrogen-bond acceptors (Lipinski definition) is 8. The average molecular weight is 1030 g/mol. The van der Waals surface area contributed by atoms with Crippen molar-refractivity contribution in [3.05, 3.63) is 24.3 Å². The molecule has 1 aliphatic rings. The minimum absolute atomic E-state index is 0.180. The van der Waals surface area contributed by atoms with Gasteiger partial charge >= 0.3 is 0 Å². The van der Waals surface area contributed by atoms with Crippen molar-refractivity contribution in [3.8, 4) is 0 Å². The molecule has 0 aromatic carbocycles. The molecule has 9 nitrogen and oxygen atoms in total. The molecular weight excluding hydrogens is 911 g/mol. The molecule has 6 N–H and O–H groups in total. The normalized spacial score (nSPS) is 19.1. The van der Waals surface area contributed by atoms with Crippen LogP contribution in [0.2, 0.25) is 0 Å². The number of rotatable bonds is 56. The van der Waals surface area contributed by atoms with E-state index in [0.717, 1.165) is 38.5 Å². The van der Waals surface area contributed by atoms with Crippen molar-refractivity contribution in [2.24, 2.45) is 0 Å². The molecule has 9 heteroatoms. The quantitative estimate of drug-likeness (QED) is 0.0261.